The summed E-state index contributed by atoms with van der Waals surface area (Å²) in [5.74, 6) is 0.649. The fourth-order valence-electron chi connectivity index (χ4n) is 1.59. The lowest BCUT2D eigenvalue weighted by atomic mass is 10.0. The molecule has 0 heterocycles. The molecule has 0 rings (SSSR count). The average molecular weight is 263 g/mol. The van der Waals surface area contributed by atoms with E-state index in [9.17, 15) is 8.42 Å². The van der Waals surface area contributed by atoms with Gasteiger partial charge in [-0.2, -0.15) is 0 Å². The molecule has 3 nitrogen and oxygen atoms in total. The molecule has 0 aromatic carbocycles. The van der Waals surface area contributed by atoms with Gasteiger partial charge in [0, 0.05) is 12.1 Å². The number of nitrogens with one attached hydrogen (secondary N) is 1. The van der Waals surface area contributed by atoms with Gasteiger partial charge in [-0.3, -0.25) is 0 Å². The molecule has 104 valence electrons. The normalized spacial score (nSPS) is 17.2. The summed E-state index contributed by atoms with van der Waals surface area (Å²) >= 11 is 0. The van der Waals surface area contributed by atoms with Gasteiger partial charge in [-0.05, 0) is 40.0 Å². The highest BCUT2D eigenvalue weighted by Gasteiger charge is 2.29. The maximum Gasteiger partial charge on any atom is 0.155 e. The predicted octanol–water partition coefficient (Wildman–Crippen LogP) is 2.61. The molecule has 0 aromatic heterocycles. The van der Waals surface area contributed by atoms with Gasteiger partial charge in [0.05, 0.1) is 10.5 Å². The lowest BCUT2D eigenvalue weighted by Gasteiger charge is -2.25. The Morgan fingerprint density at radius 1 is 1.06 bits per heavy atom. The van der Waals surface area contributed by atoms with Crippen LogP contribution in [0.5, 0.6) is 0 Å². The number of sulfone groups is 1. The van der Waals surface area contributed by atoms with Gasteiger partial charge in [-0.25, -0.2) is 8.42 Å². The molecule has 17 heavy (non-hydrogen) atoms. The number of hydrogen-bond acceptors (Lipinski definition) is 3. The standard InChI is InChI=1S/C13H29NO2S/c1-10(2)14-12(4)11(3)8-9-17(15,16)13(5,6)7/h10-12,14H,8-9H2,1-7H3. The van der Waals surface area contributed by atoms with E-state index >= 15 is 0 Å². The van der Waals surface area contributed by atoms with Crippen LogP contribution in [0.3, 0.4) is 0 Å². The first-order valence-electron chi connectivity index (χ1n) is 6.45. The molecule has 0 fully saturated rings. The molecule has 0 aliphatic carbocycles. The highest BCUT2D eigenvalue weighted by Crippen LogP contribution is 2.19. The first kappa shape index (κ1) is 16.9. The van der Waals surface area contributed by atoms with E-state index in [1.165, 1.54) is 0 Å². The van der Waals surface area contributed by atoms with Gasteiger partial charge in [0.2, 0.25) is 0 Å². The van der Waals surface area contributed by atoms with Crippen molar-refractivity contribution in [3.63, 3.8) is 0 Å². The van der Waals surface area contributed by atoms with Crippen LogP contribution >= 0.6 is 0 Å². The Hall–Kier alpha value is -0.0900. The summed E-state index contributed by atoms with van der Waals surface area (Å²) in [6.45, 7) is 13.7. The Morgan fingerprint density at radius 2 is 1.53 bits per heavy atom. The summed E-state index contributed by atoms with van der Waals surface area (Å²) in [4.78, 5) is 0. The summed E-state index contributed by atoms with van der Waals surface area (Å²) in [5.41, 5.74) is 0. The molecular weight excluding hydrogens is 234 g/mol. The minimum Gasteiger partial charge on any atom is -0.312 e. The van der Waals surface area contributed by atoms with Crippen LogP contribution in [0.25, 0.3) is 0 Å². The van der Waals surface area contributed by atoms with E-state index in [0.29, 0.717) is 18.0 Å². The van der Waals surface area contributed by atoms with Crippen molar-refractivity contribution < 1.29 is 8.42 Å². The molecule has 0 aromatic rings. The van der Waals surface area contributed by atoms with Crippen LogP contribution in [0, 0.1) is 5.92 Å². The van der Waals surface area contributed by atoms with Crippen LogP contribution < -0.4 is 5.32 Å². The second kappa shape index (κ2) is 6.19. The molecule has 4 heteroatoms. The van der Waals surface area contributed by atoms with Crippen molar-refractivity contribution in [3.8, 4) is 0 Å². The van der Waals surface area contributed by atoms with E-state index in [2.05, 4.69) is 33.0 Å². The summed E-state index contributed by atoms with van der Waals surface area (Å²) in [6, 6.07) is 0.789. The van der Waals surface area contributed by atoms with Crippen molar-refractivity contribution in [2.75, 3.05) is 5.75 Å². The zero-order valence-electron chi connectivity index (χ0n) is 12.4. The van der Waals surface area contributed by atoms with E-state index in [1.807, 2.05) is 0 Å². The summed E-state index contributed by atoms with van der Waals surface area (Å²) in [6.07, 6.45) is 0.723. The Labute approximate surface area is 107 Å². The van der Waals surface area contributed by atoms with E-state index < -0.39 is 14.6 Å². The van der Waals surface area contributed by atoms with E-state index in [4.69, 9.17) is 0 Å². The summed E-state index contributed by atoms with van der Waals surface area (Å²) in [5, 5.41) is 3.42. The van der Waals surface area contributed by atoms with Crippen LogP contribution in [0.15, 0.2) is 0 Å². The quantitative estimate of drug-likeness (QED) is 0.801. The lowest BCUT2D eigenvalue weighted by molar-refractivity contribution is 0.365. The third-order valence-corrected chi connectivity index (χ3v) is 5.86. The number of rotatable bonds is 6. The Morgan fingerprint density at radius 3 is 1.88 bits per heavy atom. The van der Waals surface area contributed by atoms with Crippen LogP contribution in [-0.4, -0.2) is 31.0 Å². The molecule has 0 radical (unpaired) electrons. The molecule has 0 spiro atoms. The van der Waals surface area contributed by atoms with Gasteiger partial charge in [0.25, 0.3) is 0 Å². The smallest absolute Gasteiger partial charge is 0.155 e. The highest BCUT2D eigenvalue weighted by atomic mass is 32.2. The van der Waals surface area contributed by atoms with E-state index in [1.54, 1.807) is 20.8 Å². The van der Waals surface area contributed by atoms with Gasteiger partial charge in [-0.15, -0.1) is 0 Å². The monoisotopic (exact) mass is 263 g/mol. The third kappa shape index (κ3) is 5.87. The molecule has 2 atom stereocenters. The first-order valence-corrected chi connectivity index (χ1v) is 8.11. The van der Waals surface area contributed by atoms with Gasteiger partial charge in [0.15, 0.2) is 9.84 Å². The van der Waals surface area contributed by atoms with Crippen molar-refractivity contribution in [2.45, 2.75) is 71.7 Å². The van der Waals surface area contributed by atoms with E-state index in [-0.39, 0.29) is 5.75 Å². The largest absolute Gasteiger partial charge is 0.312 e. The van der Waals surface area contributed by atoms with Crippen LogP contribution in [0.4, 0.5) is 0 Å². The number of hydrogen-bond donors (Lipinski definition) is 1. The second-order valence-corrected chi connectivity index (χ2v) is 9.17. The van der Waals surface area contributed by atoms with Crippen LogP contribution in [0.2, 0.25) is 0 Å². The molecule has 1 N–H and O–H groups in total. The molecule has 0 aliphatic rings. The van der Waals surface area contributed by atoms with Crippen molar-refractivity contribution in [2.24, 2.45) is 5.92 Å². The van der Waals surface area contributed by atoms with Crippen LogP contribution in [-0.2, 0) is 9.84 Å². The maximum absolute atomic E-state index is 12.0. The second-order valence-electron chi connectivity index (χ2n) is 6.31. The topological polar surface area (TPSA) is 46.2 Å². The third-order valence-electron chi connectivity index (χ3n) is 3.22. The predicted molar refractivity (Wildman–Crippen MR) is 75.1 cm³/mol. The summed E-state index contributed by atoms with van der Waals surface area (Å²) < 4.78 is 23.3. The minimum absolute atomic E-state index is 0.280. The molecule has 0 saturated heterocycles. The maximum atomic E-state index is 12.0. The molecule has 0 bridgehead atoms. The van der Waals surface area contributed by atoms with Crippen LogP contribution in [0.1, 0.15) is 54.9 Å². The van der Waals surface area contributed by atoms with E-state index in [0.717, 1.165) is 6.42 Å². The molecule has 2 unspecified atom stereocenters. The van der Waals surface area contributed by atoms with Crippen molar-refractivity contribution in [1.29, 1.82) is 0 Å². The van der Waals surface area contributed by atoms with Gasteiger partial charge < -0.3 is 5.32 Å². The minimum atomic E-state index is -2.98. The van der Waals surface area contributed by atoms with Gasteiger partial charge >= 0.3 is 0 Å². The fourth-order valence-corrected chi connectivity index (χ4v) is 2.88. The highest BCUT2D eigenvalue weighted by molar-refractivity contribution is 7.92. The van der Waals surface area contributed by atoms with Crippen molar-refractivity contribution >= 4 is 9.84 Å². The molecular formula is C13H29NO2S. The van der Waals surface area contributed by atoms with Crippen molar-refractivity contribution in [3.05, 3.63) is 0 Å². The summed E-state index contributed by atoms with van der Waals surface area (Å²) in [7, 11) is -2.98. The molecule has 0 aliphatic heterocycles. The fraction of sp³-hybridized carbons (Fsp3) is 1.00. The zero-order chi connectivity index (χ0) is 13.9. The Balaban J connectivity index is 4.30. The lowest BCUT2D eigenvalue weighted by Crippen LogP contribution is -2.38. The first-order chi connectivity index (χ1) is 7.47. The molecule has 0 amide bonds. The Bertz CT molecular complexity index is 315. The van der Waals surface area contributed by atoms with Gasteiger partial charge in [0.1, 0.15) is 0 Å². The molecule has 0 saturated carbocycles. The SMILES string of the molecule is CC(C)NC(C)C(C)CCS(=O)(=O)C(C)(C)C. The average Bonchev–Trinajstić information content (AvgIpc) is 2.11. The van der Waals surface area contributed by atoms with Crippen molar-refractivity contribution in [1.82, 2.24) is 5.32 Å². The Kier molecular flexibility index (Phi) is 6.15. The zero-order valence-corrected chi connectivity index (χ0v) is 13.2. The van der Waals surface area contributed by atoms with Gasteiger partial charge in [-0.1, -0.05) is 20.8 Å².